The summed E-state index contributed by atoms with van der Waals surface area (Å²) in [7, 11) is -3.10. The first-order valence-corrected chi connectivity index (χ1v) is 5.88. The van der Waals surface area contributed by atoms with Crippen molar-refractivity contribution in [3.05, 3.63) is 29.8 Å². The molecule has 3 nitrogen and oxygen atoms in total. The van der Waals surface area contributed by atoms with E-state index in [-0.39, 0.29) is 5.75 Å². The number of nitrogens with two attached hydrogens (primary N) is 1. The van der Waals surface area contributed by atoms with Gasteiger partial charge in [0.15, 0.2) is 0 Å². The van der Waals surface area contributed by atoms with Crippen LogP contribution in [-0.2, 0) is 25.7 Å². The molecule has 0 saturated carbocycles. The molecule has 0 amide bonds. The maximum Gasteiger partial charge on any atom is 0.145 e. The van der Waals surface area contributed by atoms with E-state index in [1.165, 1.54) is 0 Å². The summed E-state index contributed by atoms with van der Waals surface area (Å²) in [6, 6.07) is 6.74. The van der Waals surface area contributed by atoms with E-state index < -0.39 is 8.77 Å². The van der Waals surface area contributed by atoms with Crippen molar-refractivity contribution in [2.24, 2.45) is 0 Å². The molecular formula is C7H9NO2S2. The maximum atomic E-state index is 10.8. The third-order valence-corrected chi connectivity index (χ3v) is 2.38. The minimum atomic E-state index is -3.10. The largest absolute Gasteiger partial charge is 0.399 e. The van der Waals surface area contributed by atoms with Gasteiger partial charge in [-0.1, -0.05) is 12.1 Å². The second-order valence-corrected chi connectivity index (χ2v) is 5.48. The molecule has 1 aromatic carbocycles. The fraction of sp³-hybridized carbons (Fsp3) is 0.143. The predicted octanol–water partition coefficient (Wildman–Crippen LogP) is 0.988. The van der Waals surface area contributed by atoms with Crippen LogP contribution in [0.1, 0.15) is 5.56 Å². The van der Waals surface area contributed by atoms with Gasteiger partial charge in [0.1, 0.15) is 8.77 Å². The minimum absolute atomic E-state index is 0.00259. The summed E-state index contributed by atoms with van der Waals surface area (Å²) in [4.78, 5) is 0. The van der Waals surface area contributed by atoms with Crippen molar-refractivity contribution in [3.8, 4) is 0 Å². The smallest absolute Gasteiger partial charge is 0.145 e. The molecule has 0 aliphatic carbocycles. The Balaban J connectivity index is 2.85. The zero-order chi connectivity index (χ0) is 9.19. The summed E-state index contributed by atoms with van der Waals surface area (Å²) < 4.78 is 19.6. The Morgan fingerprint density at radius 1 is 1.42 bits per heavy atom. The Labute approximate surface area is 76.1 Å². The van der Waals surface area contributed by atoms with Crippen molar-refractivity contribution in [1.82, 2.24) is 0 Å². The molecule has 3 N–H and O–H groups in total. The Hall–Kier alpha value is -0.650. The Morgan fingerprint density at radius 2 is 1.92 bits per heavy atom. The summed E-state index contributed by atoms with van der Waals surface area (Å²) >= 11 is 4.35. The number of hydrogen-bond donors (Lipinski definition) is 2. The SMILES string of the molecule is Nc1ccc(CS(=O)(O)=S)cc1. The van der Waals surface area contributed by atoms with Crippen LogP contribution in [0.15, 0.2) is 24.3 Å². The van der Waals surface area contributed by atoms with Gasteiger partial charge in [-0.25, -0.2) is 4.21 Å². The van der Waals surface area contributed by atoms with Gasteiger partial charge in [0.25, 0.3) is 0 Å². The molecule has 0 aromatic heterocycles. The highest BCUT2D eigenvalue weighted by Gasteiger charge is 2.01. The molecule has 5 heteroatoms. The molecule has 0 saturated heterocycles. The molecule has 0 aliphatic heterocycles. The fourth-order valence-electron chi connectivity index (χ4n) is 0.824. The van der Waals surface area contributed by atoms with E-state index in [1.807, 2.05) is 0 Å². The van der Waals surface area contributed by atoms with E-state index in [0.29, 0.717) is 5.69 Å². The van der Waals surface area contributed by atoms with Crippen LogP contribution >= 0.6 is 0 Å². The summed E-state index contributed by atoms with van der Waals surface area (Å²) in [5.41, 5.74) is 6.79. The van der Waals surface area contributed by atoms with Gasteiger partial charge < -0.3 is 10.3 Å². The van der Waals surface area contributed by atoms with Crippen molar-refractivity contribution >= 4 is 25.6 Å². The molecule has 66 valence electrons. The van der Waals surface area contributed by atoms with E-state index >= 15 is 0 Å². The van der Waals surface area contributed by atoms with Gasteiger partial charge in [-0.3, -0.25) is 0 Å². The topological polar surface area (TPSA) is 63.3 Å². The molecule has 0 spiro atoms. The zero-order valence-corrected chi connectivity index (χ0v) is 7.90. The van der Waals surface area contributed by atoms with Crippen molar-refractivity contribution < 1.29 is 8.76 Å². The molecule has 0 fully saturated rings. The molecule has 0 heterocycles. The molecule has 1 unspecified atom stereocenters. The van der Waals surface area contributed by atoms with Crippen molar-refractivity contribution in [3.63, 3.8) is 0 Å². The van der Waals surface area contributed by atoms with Gasteiger partial charge >= 0.3 is 0 Å². The second-order valence-electron chi connectivity index (χ2n) is 2.47. The minimum Gasteiger partial charge on any atom is -0.399 e. The van der Waals surface area contributed by atoms with Gasteiger partial charge in [0.05, 0.1) is 5.75 Å². The summed E-state index contributed by atoms with van der Waals surface area (Å²) in [5.74, 6) is 0.00259. The van der Waals surface area contributed by atoms with Crippen LogP contribution in [0.4, 0.5) is 5.69 Å². The first kappa shape index (κ1) is 9.44. The monoisotopic (exact) mass is 203 g/mol. The highest BCUT2D eigenvalue weighted by Crippen LogP contribution is 2.08. The fourth-order valence-corrected chi connectivity index (χ4v) is 1.85. The molecule has 0 radical (unpaired) electrons. The predicted molar refractivity (Wildman–Crippen MR) is 52.7 cm³/mol. The van der Waals surface area contributed by atoms with Gasteiger partial charge in [0, 0.05) is 16.9 Å². The zero-order valence-electron chi connectivity index (χ0n) is 6.27. The highest BCUT2D eigenvalue weighted by molar-refractivity contribution is 8.29. The molecule has 1 aromatic rings. The van der Waals surface area contributed by atoms with Crippen LogP contribution in [0.5, 0.6) is 0 Å². The van der Waals surface area contributed by atoms with Gasteiger partial charge in [0.2, 0.25) is 0 Å². The van der Waals surface area contributed by atoms with Crippen molar-refractivity contribution in [2.75, 3.05) is 5.73 Å². The van der Waals surface area contributed by atoms with Crippen LogP contribution in [-0.4, -0.2) is 8.76 Å². The van der Waals surface area contributed by atoms with Gasteiger partial charge in [-0.2, -0.15) is 0 Å². The van der Waals surface area contributed by atoms with Crippen molar-refractivity contribution in [2.45, 2.75) is 5.75 Å². The standard InChI is InChI=1S/C7H9NO2S2/c8-7-3-1-6(2-4-7)5-12(9,10)11/h1-4H,5,8H2,(H,9,10,11). The van der Waals surface area contributed by atoms with E-state index in [4.69, 9.17) is 10.3 Å². The molecule has 0 bridgehead atoms. The third kappa shape index (κ3) is 3.17. The lowest BCUT2D eigenvalue weighted by atomic mass is 10.2. The molecular weight excluding hydrogens is 194 g/mol. The molecule has 0 aliphatic rings. The van der Waals surface area contributed by atoms with E-state index in [2.05, 4.69) is 11.2 Å². The number of nitrogen functional groups attached to an aromatic ring is 1. The van der Waals surface area contributed by atoms with Crippen LogP contribution < -0.4 is 5.73 Å². The summed E-state index contributed by atoms with van der Waals surface area (Å²) in [6.07, 6.45) is 0. The van der Waals surface area contributed by atoms with Gasteiger partial charge in [-0.05, 0) is 17.7 Å². The normalized spacial score (nSPS) is 15.4. The van der Waals surface area contributed by atoms with E-state index in [1.54, 1.807) is 24.3 Å². The average molecular weight is 203 g/mol. The van der Waals surface area contributed by atoms with Crippen LogP contribution in [0, 0.1) is 0 Å². The van der Waals surface area contributed by atoms with Crippen molar-refractivity contribution in [1.29, 1.82) is 0 Å². The number of rotatable bonds is 2. The first-order valence-electron chi connectivity index (χ1n) is 3.27. The Bertz CT molecular complexity index is 355. The number of hydrogen-bond acceptors (Lipinski definition) is 3. The van der Waals surface area contributed by atoms with Crippen LogP contribution in [0.3, 0.4) is 0 Å². The Kier molecular flexibility index (Phi) is 2.66. The molecule has 1 atom stereocenters. The second kappa shape index (κ2) is 3.38. The quantitative estimate of drug-likeness (QED) is 0.703. The third-order valence-electron chi connectivity index (χ3n) is 1.33. The lowest BCUT2D eigenvalue weighted by Gasteiger charge is -1.99. The summed E-state index contributed by atoms with van der Waals surface area (Å²) in [5, 5.41) is 0. The Morgan fingerprint density at radius 3 is 2.33 bits per heavy atom. The van der Waals surface area contributed by atoms with Crippen LogP contribution in [0.2, 0.25) is 0 Å². The maximum absolute atomic E-state index is 10.8. The number of benzene rings is 1. The van der Waals surface area contributed by atoms with Gasteiger partial charge in [-0.15, -0.1) is 0 Å². The van der Waals surface area contributed by atoms with E-state index in [9.17, 15) is 4.21 Å². The highest BCUT2D eigenvalue weighted by atomic mass is 32.8. The summed E-state index contributed by atoms with van der Waals surface area (Å²) in [6.45, 7) is 0. The molecule has 12 heavy (non-hydrogen) atoms. The lowest BCUT2D eigenvalue weighted by Crippen LogP contribution is -1.99. The first-order chi connectivity index (χ1) is 5.47. The van der Waals surface area contributed by atoms with Crippen LogP contribution in [0.25, 0.3) is 0 Å². The number of anilines is 1. The van der Waals surface area contributed by atoms with E-state index in [0.717, 1.165) is 5.56 Å². The molecule has 1 rings (SSSR count). The average Bonchev–Trinajstić information content (AvgIpc) is 1.91. The lowest BCUT2D eigenvalue weighted by molar-refractivity contribution is 0.561.